The summed E-state index contributed by atoms with van der Waals surface area (Å²) in [7, 11) is 5.95. The van der Waals surface area contributed by atoms with Gasteiger partial charge in [0.1, 0.15) is 0 Å². The van der Waals surface area contributed by atoms with Gasteiger partial charge in [0.15, 0.2) is 0 Å². The Morgan fingerprint density at radius 1 is 1.36 bits per heavy atom. The minimum absolute atomic E-state index is 0.624. The molecule has 0 rings (SSSR count). The fraction of sp³-hybridized carbons (Fsp3) is 1.00. The summed E-state index contributed by atoms with van der Waals surface area (Å²) in [4.78, 5) is 2.40. The SMILES string of the molecule is CNCC(C)C(C)N(C)CCCOC. The lowest BCUT2D eigenvalue weighted by molar-refractivity contribution is 0.152. The summed E-state index contributed by atoms with van der Waals surface area (Å²) >= 11 is 0. The van der Waals surface area contributed by atoms with Gasteiger partial charge in [0.05, 0.1) is 0 Å². The Morgan fingerprint density at radius 2 is 2.00 bits per heavy atom. The van der Waals surface area contributed by atoms with E-state index in [-0.39, 0.29) is 0 Å². The average molecular weight is 202 g/mol. The maximum absolute atomic E-state index is 5.04. The lowest BCUT2D eigenvalue weighted by Crippen LogP contribution is -2.39. The molecule has 0 aliphatic heterocycles. The Balaban J connectivity index is 3.68. The standard InChI is InChI=1S/C11H26N2O/c1-10(9-12-3)11(2)13(4)7-6-8-14-5/h10-12H,6-9H2,1-5H3. The van der Waals surface area contributed by atoms with Crippen LogP contribution in [0, 0.1) is 5.92 Å². The zero-order valence-electron chi connectivity index (χ0n) is 10.3. The molecule has 0 heterocycles. The number of hydrogen-bond acceptors (Lipinski definition) is 3. The average Bonchev–Trinajstić information content (AvgIpc) is 2.17. The van der Waals surface area contributed by atoms with Crippen LogP contribution in [0.25, 0.3) is 0 Å². The fourth-order valence-corrected chi connectivity index (χ4v) is 1.59. The summed E-state index contributed by atoms with van der Waals surface area (Å²) < 4.78 is 5.04. The van der Waals surface area contributed by atoms with Gasteiger partial charge >= 0.3 is 0 Å². The van der Waals surface area contributed by atoms with Crippen LogP contribution in [0.5, 0.6) is 0 Å². The summed E-state index contributed by atoms with van der Waals surface area (Å²) in [5.41, 5.74) is 0. The monoisotopic (exact) mass is 202 g/mol. The molecule has 0 fully saturated rings. The Hall–Kier alpha value is -0.120. The van der Waals surface area contributed by atoms with Gasteiger partial charge in [-0.2, -0.15) is 0 Å². The first-order chi connectivity index (χ1) is 6.63. The lowest BCUT2D eigenvalue weighted by Gasteiger charge is -2.29. The fourth-order valence-electron chi connectivity index (χ4n) is 1.59. The number of methoxy groups -OCH3 is 1. The van der Waals surface area contributed by atoms with Crippen LogP contribution >= 0.6 is 0 Å². The van der Waals surface area contributed by atoms with Crippen LogP contribution in [0.1, 0.15) is 20.3 Å². The summed E-state index contributed by atoms with van der Waals surface area (Å²) in [6, 6.07) is 0.624. The molecule has 2 atom stereocenters. The third kappa shape index (κ3) is 5.58. The van der Waals surface area contributed by atoms with E-state index in [9.17, 15) is 0 Å². The van der Waals surface area contributed by atoms with Crippen molar-refractivity contribution in [3.8, 4) is 0 Å². The molecule has 0 aromatic heterocycles. The highest BCUT2D eigenvalue weighted by atomic mass is 16.5. The molecule has 2 unspecified atom stereocenters. The highest BCUT2D eigenvalue weighted by molar-refractivity contribution is 4.71. The molecule has 0 aliphatic carbocycles. The highest BCUT2D eigenvalue weighted by Gasteiger charge is 2.15. The van der Waals surface area contributed by atoms with Crippen LogP contribution in [-0.2, 0) is 4.74 Å². The molecule has 86 valence electrons. The van der Waals surface area contributed by atoms with Gasteiger partial charge in [-0.3, -0.25) is 0 Å². The van der Waals surface area contributed by atoms with E-state index >= 15 is 0 Å². The summed E-state index contributed by atoms with van der Waals surface area (Å²) in [6.07, 6.45) is 1.11. The quantitative estimate of drug-likeness (QED) is 0.599. The molecule has 0 bridgehead atoms. The van der Waals surface area contributed by atoms with E-state index in [1.165, 1.54) is 0 Å². The number of rotatable bonds is 8. The zero-order chi connectivity index (χ0) is 11.0. The summed E-state index contributed by atoms with van der Waals surface area (Å²) in [5, 5.41) is 3.22. The highest BCUT2D eigenvalue weighted by Crippen LogP contribution is 2.08. The molecule has 0 saturated heterocycles. The predicted molar refractivity (Wildman–Crippen MR) is 61.7 cm³/mol. The number of nitrogens with one attached hydrogen (secondary N) is 1. The molecular weight excluding hydrogens is 176 g/mol. The van der Waals surface area contributed by atoms with Crippen molar-refractivity contribution < 1.29 is 4.74 Å². The van der Waals surface area contributed by atoms with Crippen molar-refractivity contribution in [1.29, 1.82) is 0 Å². The van der Waals surface area contributed by atoms with Gasteiger partial charge in [0.25, 0.3) is 0 Å². The van der Waals surface area contributed by atoms with Gasteiger partial charge < -0.3 is 15.0 Å². The lowest BCUT2D eigenvalue weighted by atomic mass is 10.0. The van der Waals surface area contributed by atoms with E-state index in [1.54, 1.807) is 7.11 Å². The van der Waals surface area contributed by atoms with Crippen LogP contribution in [-0.4, -0.2) is 51.8 Å². The molecule has 0 saturated carbocycles. The van der Waals surface area contributed by atoms with Crippen molar-refractivity contribution in [3.63, 3.8) is 0 Å². The Bertz CT molecular complexity index is 130. The van der Waals surface area contributed by atoms with Gasteiger partial charge in [-0.25, -0.2) is 0 Å². The van der Waals surface area contributed by atoms with E-state index < -0.39 is 0 Å². The topological polar surface area (TPSA) is 24.5 Å². The van der Waals surface area contributed by atoms with Crippen LogP contribution in [0.15, 0.2) is 0 Å². The number of ether oxygens (including phenoxy) is 1. The molecule has 0 aromatic carbocycles. The third-order valence-corrected chi connectivity index (χ3v) is 2.90. The van der Waals surface area contributed by atoms with Crippen LogP contribution in [0.3, 0.4) is 0 Å². The van der Waals surface area contributed by atoms with E-state index in [4.69, 9.17) is 4.74 Å². The van der Waals surface area contributed by atoms with Crippen LogP contribution in [0.4, 0.5) is 0 Å². The number of hydrogen-bond donors (Lipinski definition) is 1. The van der Waals surface area contributed by atoms with Crippen molar-refractivity contribution in [2.75, 3.05) is 40.9 Å². The Kier molecular flexibility index (Phi) is 8.14. The first-order valence-electron chi connectivity index (χ1n) is 5.47. The Labute approximate surface area is 88.8 Å². The van der Waals surface area contributed by atoms with Gasteiger partial charge in [0, 0.05) is 26.3 Å². The summed E-state index contributed by atoms with van der Waals surface area (Å²) in [5.74, 6) is 0.688. The van der Waals surface area contributed by atoms with Crippen molar-refractivity contribution >= 4 is 0 Å². The van der Waals surface area contributed by atoms with Crippen molar-refractivity contribution in [2.24, 2.45) is 5.92 Å². The molecule has 0 radical (unpaired) electrons. The third-order valence-electron chi connectivity index (χ3n) is 2.90. The second kappa shape index (κ2) is 8.21. The predicted octanol–water partition coefficient (Wildman–Crippen LogP) is 1.20. The summed E-state index contributed by atoms with van der Waals surface area (Å²) in [6.45, 7) is 7.62. The van der Waals surface area contributed by atoms with Crippen molar-refractivity contribution in [3.05, 3.63) is 0 Å². The Morgan fingerprint density at radius 3 is 2.50 bits per heavy atom. The maximum atomic E-state index is 5.04. The van der Waals surface area contributed by atoms with E-state index in [0.29, 0.717) is 12.0 Å². The van der Waals surface area contributed by atoms with E-state index in [1.807, 2.05) is 7.05 Å². The first-order valence-corrected chi connectivity index (χ1v) is 5.47. The molecule has 1 N–H and O–H groups in total. The molecular formula is C11H26N2O. The molecule has 0 spiro atoms. The second-order valence-electron chi connectivity index (χ2n) is 4.10. The molecule has 14 heavy (non-hydrogen) atoms. The van der Waals surface area contributed by atoms with Gasteiger partial charge in [-0.1, -0.05) is 6.92 Å². The van der Waals surface area contributed by atoms with Gasteiger partial charge in [-0.15, -0.1) is 0 Å². The molecule has 0 amide bonds. The normalized spacial score (nSPS) is 15.9. The molecule has 0 aliphatic rings. The van der Waals surface area contributed by atoms with E-state index in [0.717, 1.165) is 26.1 Å². The van der Waals surface area contributed by atoms with Gasteiger partial charge in [-0.05, 0) is 39.9 Å². The van der Waals surface area contributed by atoms with Gasteiger partial charge in [0.2, 0.25) is 0 Å². The van der Waals surface area contributed by atoms with Crippen molar-refractivity contribution in [2.45, 2.75) is 26.3 Å². The van der Waals surface area contributed by atoms with Crippen LogP contribution < -0.4 is 5.32 Å². The smallest absolute Gasteiger partial charge is 0.0474 e. The maximum Gasteiger partial charge on any atom is 0.0474 e. The zero-order valence-corrected chi connectivity index (χ0v) is 10.3. The van der Waals surface area contributed by atoms with Crippen molar-refractivity contribution in [1.82, 2.24) is 10.2 Å². The molecule has 3 heteroatoms. The van der Waals surface area contributed by atoms with Crippen LogP contribution in [0.2, 0.25) is 0 Å². The largest absolute Gasteiger partial charge is 0.385 e. The molecule has 0 aromatic rings. The first kappa shape index (κ1) is 13.9. The van der Waals surface area contributed by atoms with E-state index in [2.05, 4.69) is 31.1 Å². The second-order valence-corrected chi connectivity index (χ2v) is 4.10. The number of nitrogens with zero attached hydrogens (tertiary/aromatic N) is 1. The minimum atomic E-state index is 0.624. The molecule has 3 nitrogen and oxygen atoms in total. The minimum Gasteiger partial charge on any atom is -0.385 e.